The van der Waals surface area contributed by atoms with Crippen LogP contribution in [0.15, 0.2) is 18.6 Å². The molecule has 0 saturated carbocycles. The normalized spacial score (nSPS) is 20.7. The van der Waals surface area contributed by atoms with E-state index in [0.29, 0.717) is 24.4 Å². The first-order chi connectivity index (χ1) is 12.9. The lowest BCUT2D eigenvalue weighted by Crippen LogP contribution is -2.42. The number of H-pyrrole nitrogens is 1. The Hall–Kier alpha value is -2.85. The predicted molar refractivity (Wildman–Crippen MR) is 90.2 cm³/mol. The molecule has 4 heterocycles. The van der Waals surface area contributed by atoms with Crippen LogP contribution in [0.2, 0.25) is 0 Å². The summed E-state index contributed by atoms with van der Waals surface area (Å²) in [6.07, 6.45) is 1.40. The quantitative estimate of drug-likeness (QED) is 0.728. The molecule has 1 aliphatic rings. The van der Waals surface area contributed by atoms with Gasteiger partial charge in [-0.25, -0.2) is 14.8 Å². The van der Waals surface area contributed by atoms with E-state index in [2.05, 4.69) is 20.2 Å². The first kappa shape index (κ1) is 17.6. The third-order valence-corrected chi connectivity index (χ3v) is 5.04. The van der Waals surface area contributed by atoms with Gasteiger partial charge in [-0.2, -0.15) is 18.3 Å². The third kappa shape index (κ3) is 3.17. The van der Waals surface area contributed by atoms with Gasteiger partial charge in [0, 0.05) is 30.9 Å². The summed E-state index contributed by atoms with van der Waals surface area (Å²) >= 11 is 0. The van der Waals surface area contributed by atoms with Gasteiger partial charge in [-0.1, -0.05) is 13.3 Å². The molecular formula is C16H18F3N7O. The number of amides is 2. The summed E-state index contributed by atoms with van der Waals surface area (Å²) in [7, 11) is 0. The number of halogens is 3. The molecule has 8 nitrogen and oxygen atoms in total. The van der Waals surface area contributed by atoms with Crippen molar-refractivity contribution in [1.82, 2.24) is 34.8 Å². The second-order valence-electron chi connectivity index (χ2n) is 6.69. The number of aromatic amines is 1. The summed E-state index contributed by atoms with van der Waals surface area (Å²) in [4.78, 5) is 22.3. The number of urea groups is 1. The van der Waals surface area contributed by atoms with Gasteiger partial charge in [0.15, 0.2) is 11.3 Å². The highest BCUT2D eigenvalue weighted by molar-refractivity contribution is 5.75. The third-order valence-electron chi connectivity index (χ3n) is 5.04. The van der Waals surface area contributed by atoms with Crippen molar-refractivity contribution >= 4 is 22.8 Å². The maximum atomic E-state index is 12.4. The molecule has 2 atom stereocenters. The van der Waals surface area contributed by atoms with E-state index in [1.54, 1.807) is 18.6 Å². The summed E-state index contributed by atoms with van der Waals surface area (Å²) in [6.45, 7) is 1.41. The van der Waals surface area contributed by atoms with Crippen LogP contribution in [0.3, 0.4) is 0 Å². The van der Waals surface area contributed by atoms with E-state index in [0.717, 1.165) is 17.6 Å². The van der Waals surface area contributed by atoms with Gasteiger partial charge < -0.3 is 10.2 Å². The van der Waals surface area contributed by atoms with E-state index in [1.807, 2.05) is 16.6 Å². The Bertz CT molecular complexity index is 979. The van der Waals surface area contributed by atoms with Crippen molar-refractivity contribution in [3.63, 3.8) is 0 Å². The average Bonchev–Trinajstić information content (AvgIpc) is 3.33. The number of nitrogens with one attached hydrogen (secondary N) is 2. The largest absolute Gasteiger partial charge is 0.405 e. The van der Waals surface area contributed by atoms with Gasteiger partial charge in [-0.15, -0.1) is 0 Å². The zero-order valence-electron chi connectivity index (χ0n) is 14.5. The Morgan fingerprint density at radius 3 is 2.85 bits per heavy atom. The molecule has 3 aromatic rings. The lowest BCUT2D eigenvalue weighted by atomic mass is 9.91. The topological polar surface area (TPSA) is 91.2 Å². The minimum absolute atomic E-state index is 0.0397. The molecule has 4 rings (SSSR count). The molecule has 1 aliphatic heterocycles. The molecule has 27 heavy (non-hydrogen) atoms. The summed E-state index contributed by atoms with van der Waals surface area (Å²) in [5.41, 5.74) is 2.95. The van der Waals surface area contributed by atoms with Crippen LogP contribution in [0.4, 0.5) is 18.0 Å². The molecule has 1 saturated heterocycles. The van der Waals surface area contributed by atoms with Crippen molar-refractivity contribution in [1.29, 1.82) is 0 Å². The monoisotopic (exact) mass is 381 g/mol. The minimum atomic E-state index is -4.43. The Labute approximate surface area is 151 Å². The van der Waals surface area contributed by atoms with Crippen molar-refractivity contribution in [2.45, 2.75) is 25.4 Å². The second kappa shape index (κ2) is 6.39. The fourth-order valence-electron chi connectivity index (χ4n) is 3.72. The van der Waals surface area contributed by atoms with E-state index < -0.39 is 18.8 Å². The van der Waals surface area contributed by atoms with E-state index in [1.165, 1.54) is 4.90 Å². The fourth-order valence-corrected chi connectivity index (χ4v) is 3.72. The molecule has 1 fully saturated rings. The molecule has 144 valence electrons. The Balaban J connectivity index is 1.63. The molecule has 1 unspecified atom stereocenters. The van der Waals surface area contributed by atoms with Gasteiger partial charge in [0.1, 0.15) is 12.1 Å². The van der Waals surface area contributed by atoms with Crippen LogP contribution < -0.4 is 5.32 Å². The van der Waals surface area contributed by atoms with Crippen molar-refractivity contribution in [2.24, 2.45) is 5.92 Å². The number of alkyl halides is 3. The van der Waals surface area contributed by atoms with E-state index >= 15 is 0 Å². The Kier molecular flexibility index (Phi) is 4.16. The zero-order chi connectivity index (χ0) is 19.2. The lowest BCUT2D eigenvalue weighted by Gasteiger charge is -2.18. The highest BCUT2D eigenvalue weighted by atomic mass is 19.4. The van der Waals surface area contributed by atoms with Crippen LogP contribution in [0.25, 0.3) is 16.8 Å². The number of carbonyl (C=O) groups is 1. The number of likely N-dealkylation sites (tertiary alicyclic amines) is 1. The maximum Gasteiger partial charge on any atom is 0.405 e. The first-order valence-corrected chi connectivity index (χ1v) is 8.62. The number of hydrogen-bond acceptors (Lipinski definition) is 4. The number of rotatable bonds is 3. The standard InChI is InChI=1S/C16H18F3N7O/c1-2-9-6-25(15(27)22-8-16(17,18)19)7-10(9)11-3-20-13-5-21-14-12(26(11)13)4-23-24-14/h3-5,9-10H,2,6-8H2,1H3,(H,22,27)(H,23,24)/t9-,10?/m0/s1. The number of aromatic nitrogens is 5. The fraction of sp³-hybridized carbons (Fsp3) is 0.500. The SMILES string of the molecule is CC[C@H]1CN(C(=O)NCC(F)(F)F)CC1c1cnc2cnc3[nH]ncc3n12. The van der Waals surface area contributed by atoms with Crippen molar-refractivity contribution < 1.29 is 18.0 Å². The summed E-state index contributed by atoms with van der Waals surface area (Å²) in [5.74, 6) is 0.0822. The molecule has 0 radical (unpaired) electrons. The number of carbonyl (C=O) groups excluding carboxylic acids is 1. The minimum Gasteiger partial charge on any atom is -0.329 e. The van der Waals surface area contributed by atoms with E-state index in [4.69, 9.17) is 0 Å². The molecular weight excluding hydrogens is 363 g/mol. The van der Waals surface area contributed by atoms with Gasteiger partial charge >= 0.3 is 12.2 Å². The molecule has 0 aliphatic carbocycles. The molecule has 3 aromatic heterocycles. The smallest absolute Gasteiger partial charge is 0.329 e. The van der Waals surface area contributed by atoms with E-state index in [9.17, 15) is 18.0 Å². The van der Waals surface area contributed by atoms with Crippen LogP contribution >= 0.6 is 0 Å². The van der Waals surface area contributed by atoms with Crippen molar-refractivity contribution in [2.75, 3.05) is 19.6 Å². The van der Waals surface area contributed by atoms with Crippen LogP contribution in [0, 0.1) is 5.92 Å². The Morgan fingerprint density at radius 2 is 2.11 bits per heavy atom. The molecule has 0 bridgehead atoms. The molecule has 2 amide bonds. The zero-order valence-corrected chi connectivity index (χ0v) is 14.5. The summed E-state index contributed by atoms with van der Waals surface area (Å²) in [5, 5.41) is 8.78. The number of hydrogen-bond donors (Lipinski definition) is 2. The van der Waals surface area contributed by atoms with Crippen LogP contribution in [-0.2, 0) is 0 Å². The number of fused-ring (bicyclic) bond motifs is 3. The van der Waals surface area contributed by atoms with Gasteiger partial charge in [-0.05, 0) is 5.92 Å². The van der Waals surface area contributed by atoms with Crippen LogP contribution in [0.1, 0.15) is 25.0 Å². The van der Waals surface area contributed by atoms with Crippen LogP contribution in [0.5, 0.6) is 0 Å². The number of nitrogens with zero attached hydrogens (tertiary/aromatic N) is 5. The Morgan fingerprint density at radius 1 is 1.30 bits per heavy atom. The highest BCUT2D eigenvalue weighted by Gasteiger charge is 2.38. The van der Waals surface area contributed by atoms with E-state index in [-0.39, 0.29) is 11.8 Å². The van der Waals surface area contributed by atoms with Crippen molar-refractivity contribution in [3.8, 4) is 0 Å². The van der Waals surface area contributed by atoms with Gasteiger partial charge in [-0.3, -0.25) is 9.50 Å². The number of imidazole rings is 1. The molecule has 2 N–H and O–H groups in total. The van der Waals surface area contributed by atoms with Crippen LogP contribution in [-0.4, -0.2) is 61.3 Å². The second-order valence-corrected chi connectivity index (χ2v) is 6.69. The predicted octanol–water partition coefficient (Wildman–Crippen LogP) is 2.30. The lowest BCUT2D eigenvalue weighted by molar-refractivity contribution is -0.123. The summed E-state index contributed by atoms with van der Waals surface area (Å²) in [6, 6.07) is -0.697. The summed E-state index contributed by atoms with van der Waals surface area (Å²) < 4.78 is 39.1. The highest BCUT2D eigenvalue weighted by Crippen LogP contribution is 2.35. The van der Waals surface area contributed by atoms with Gasteiger partial charge in [0.2, 0.25) is 0 Å². The van der Waals surface area contributed by atoms with Gasteiger partial charge in [0.25, 0.3) is 0 Å². The molecule has 11 heteroatoms. The molecule has 0 aromatic carbocycles. The average molecular weight is 381 g/mol. The van der Waals surface area contributed by atoms with Crippen molar-refractivity contribution in [3.05, 3.63) is 24.3 Å². The maximum absolute atomic E-state index is 12.4. The first-order valence-electron chi connectivity index (χ1n) is 8.62. The van der Waals surface area contributed by atoms with Gasteiger partial charge in [0.05, 0.1) is 12.4 Å². The molecule has 0 spiro atoms.